The quantitative estimate of drug-likeness (QED) is 0.502. The van der Waals surface area contributed by atoms with Crippen LogP contribution in [0.15, 0.2) is 76.6 Å². The van der Waals surface area contributed by atoms with E-state index in [0.717, 1.165) is 39.8 Å². The molecule has 1 unspecified atom stereocenters. The van der Waals surface area contributed by atoms with Crippen molar-refractivity contribution in [1.82, 2.24) is 0 Å². The SMILES string of the molecule is Clc1ccc2c(c1)N=C(c1ccccc1)CC(c1ccc3c(c1)OCO3)S2. The van der Waals surface area contributed by atoms with E-state index in [9.17, 15) is 0 Å². The maximum Gasteiger partial charge on any atom is 0.231 e. The fourth-order valence-electron chi connectivity index (χ4n) is 3.35. The van der Waals surface area contributed by atoms with Gasteiger partial charge in [-0.1, -0.05) is 48.0 Å². The second-order valence-electron chi connectivity index (χ2n) is 6.46. The molecule has 134 valence electrons. The van der Waals surface area contributed by atoms with Gasteiger partial charge in [-0.25, -0.2) is 0 Å². The molecule has 2 aliphatic rings. The third kappa shape index (κ3) is 3.31. The Morgan fingerprint density at radius 2 is 1.78 bits per heavy atom. The van der Waals surface area contributed by atoms with E-state index in [0.29, 0.717) is 5.02 Å². The molecule has 3 nitrogen and oxygen atoms in total. The van der Waals surface area contributed by atoms with Crippen molar-refractivity contribution in [2.75, 3.05) is 6.79 Å². The van der Waals surface area contributed by atoms with E-state index in [2.05, 4.69) is 30.3 Å². The van der Waals surface area contributed by atoms with E-state index in [1.807, 2.05) is 48.2 Å². The van der Waals surface area contributed by atoms with Crippen LogP contribution in [0.4, 0.5) is 5.69 Å². The van der Waals surface area contributed by atoms with Crippen LogP contribution < -0.4 is 9.47 Å². The molecule has 0 bridgehead atoms. The van der Waals surface area contributed by atoms with Gasteiger partial charge >= 0.3 is 0 Å². The zero-order valence-corrected chi connectivity index (χ0v) is 16.0. The topological polar surface area (TPSA) is 30.8 Å². The van der Waals surface area contributed by atoms with Crippen molar-refractivity contribution >= 4 is 34.8 Å². The van der Waals surface area contributed by atoms with Crippen LogP contribution in [0.2, 0.25) is 5.02 Å². The Kier molecular flexibility index (Phi) is 4.30. The van der Waals surface area contributed by atoms with Gasteiger partial charge in [-0.2, -0.15) is 0 Å². The van der Waals surface area contributed by atoms with E-state index >= 15 is 0 Å². The molecule has 0 saturated carbocycles. The highest BCUT2D eigenvalue weighted by Crippen LogP contribution is 2.47. The number of benzene rings is 3. The molecule has 5 heteroatoms. The minimum absolute atomic E-state index is 0.223. The molecular formula is C22H16ClNO2S. The number of nitrogens with zero attached hydrogens (tertiary/aromatic N) is 1. The number of ether oxygens (including phenoxy) is 2. The summed E-state index contributed by atoms with van der Waals surface area (Å²) >= 11 is 8.05. The van der Waals surface area contributed by atoms with Gasteiger partial charge in [0.25, 0.3) is 0 Å². The van der Waals surface area contributed by atoms with Crippen molar-refractivity contribution in [1.29, 1.82) is 0 Å². The van der Waals surface area contributed by atoms with Crippen LogP contribution in [0.1, 0.15) is 22.8 Å². The second-order valence-corrected chi connectivity index (χ2v) is 8.14. The molecular weight excluding hydrogens is 378 g/mol. The molecule has 5 rings (SSSR count). The van der Waals surface area contributed by atoms with Gasteiger partial charge in [0.1, 0.15) is 0 Å². The maximum atomic E-state index is 6.23. The van der Waals surface area contributed by atoms with Gasteiger partial charge in [0.2, 0.25) is 6.79 Å². The molecule has 1 atom stereocenters. The molecule has 2 heterocycles. The van der Waals surface area contributed by atoms with Crippen LogP contribution in [0.5, 0.6) is 11.5 Å². The Hall–Kier alpha value is -2.43. The van der Waals surface area contributed by atoms with Gasteiger partial charge in [-0.05, 0) is 41.5 Å². The van der Waals surface area contributed by atoms with E-state index in [4.69, 9.17) is 26.1 Å². The van der Waals surface area contributed by atoms with Crippen LogP contribution >= 0.6 is 23.4 Å². The lowest BCUT2D eigenvalue weighted by Gasteiger charge is -2.16. The molecule has 0 fully saturated rings. The largest absolute Gasteiger partial charge is 0.454 e. The molecule has 0 N–H and O–H groups in total. The summed E-state index contributed by atoms with van der Waals surface area (Å²) in [4.78, 5) is 6.11. The van der Waals surface area contributed by atoms with Crippen molar-refractivity contribution in [3.63, 3.8) is 0 Å². The van der Waals surface area contributed by atoms with E-state index < -0.39 is 0 Å². The first-order valence-corrected chi connectivity index (χ1v) is 10.0. The lowest BCUT2D eigenvalue weighted by molar-refractivity contribution is 0.174. The fraction of sp³-hybridized carbons (Fsp3) is 0.136. The van der Waals surface area contributed by atoms with Crippen LogP contribution in [0.25, 0.3) is 0 Å². The smallest absolute Gasteiger partial charge is 0.231 e. The molecule has 3 aromatic rings. The van der Waals surface area contributed by atoms with Crippen LogP contribution in [0, 0.1) is 0 Å². The molecule has 0 spiro atoms. The number of halogens is 1. The zero-order chi connectivity index (χ0) is 18.2. The highest BCUT2D eigenvalue weighted by Gasteiger charge is 2.24. The second kappa shape index (κ2) is 6.95. The predicted octanol–water partition coefficient (Wildman–Crippen LogP) is 6.43. The van der Waals surface area contributed by atoms with Crippen LogP contribution in [0.3, 0.4) is 0 Å². The van der Waals surface area contributed by atoms with Gasteiger partial charge in [0.05, 0.1) is 5.69 Å². The Balaban J connectivity index is 1.60. The van der Waals surface area contributed by atoms with Crippen molar-refractivity contribution < 1.29 is 9.47 Å². The van der Waals surface area contributed by atoms with E-state index in [1.165, 1.54) is 5.56 Å². The average molecular weight is 394 g/mol. The number of fused-ring (bicyclic) bond motifs is 2. The summed E-state index contributed by atoms with van der Waals surface area (Å²) in [5.74, 6) is 1.62. The number of hydrogen-bond donors (Lipinski definition) is 0. The third-order valence-corrected chi connectivity index (χ3v) is 6.26. The van der Waals surface area contributed by atoms with Gasteiger partial charge < -0.3 is 9.47 Å². The Morgan fingerprint density at radius 3 is 2.67 bits per heavy atom. The monoisotopic (exact) mass is 393 g/mol. The van der Waals surface area contributed by atoms with Crippen molar-refractivity contribution in [2.24, 2.45) is 4.99 Å². The molecule has 0 aromatic heterocycles. The summed E-state index contributed by atoms with van der Waals surface area (Å²) in [7, 11) is 0. The highest BCUT2D eigenvalue weighted by atomic mass is 35.5. The Bertz CT molecular complexity index is 1040. The lowest BCUT2D eigenvalue weighted by Crippen LogP contribution is -2.05. The summed E-state index contributed by atoms with van der Waals surface area (Å²) in [5.41, 5.74) is 4.33. The van der Waals surface area contributed by atoms with E-state index in [-0.39, 0.29) is 12.0 Å². The zero-order valence-electron chi connectivity index (χ0n) is 14.4. The number of aliphatic imine (C=N–C) groups is 1. The first-order chi connectivity index (χ1) is 13.3. The first kappa shape index (κ1) is 16.7. The van der Waals surface area contributed by atoms with Crippen molar-refractivity contribution in [2.45, 2.75) is 16.6 Å². The van der Waals surface area contributed by atoms with E-state index in [1.54, 1.807) is 0 Å². The van der Waals surface area contributed by atoms with Crippen LogP contribution in [-0.2, 0) is 0 Å². The van der Waals surface area contributed by atoms with Crippen molar-refractivity contribution in [3.05, 3.63) is 82.9 Å². The first-order valence-electron chi connectivity index (χ1n) is 8.75. The maximum absolute atomic E-state index is 6.23. The summed E-state index contributed by atoms with van der Waals surface area (Å²) in [6.45, 7) is 0.286. The standard InChI is InChI=1S/C22H16ClNO2S/c23-16-7-9-21-18(11-16)24-17(14-4-2-1-3-5-14)12-22(27-21)15-6-8-19-20(10-15)26-13-25-19/h1-11,22H,12-13H2. The molecule has 0 radical (unpaired) electrons. The average Bonchev–Trinajstić information content (AvgIpc) is 3.08. The predicted molar refractivity (Wildman–Crippen MR) is 110 cm³/mol. The van der Waals surface area contributed by atoms with Gasteiger partial charge in [-0.3, -0.25) is 4.99 Å². The lowest BCUT2D eigenvalue weighted by atomic mass is 10.0. The Morgan fingerprint density at radius 1 is 0.926 bits per heavy atom. The minimum Gasteiger partial charge on any atom is -0.454 e. The normalized spacial score (nSPS) is 17.8. The molecule has 2 aliphatic heterocycles. The number of rotatable bonds is 2. The fourth-order valence-corrected chi connectivity index (χ4v) is 4.72. The number of hydrogen-bond acceptors (Lipinski definition) is 4. The Labute approximate surface area is 167 Å². The summed E-state index contributed by atoms with van der Waals surface area (Å²) in [6, 6.07) is 22.4. The van der Waals surface area contributed by atoms with Crippen LogP contribution in [-0.4, -0.2) is 12.5 Å². The van der Waals surface area contributed by atoms with Gasteiger partial charge in [-0.15, -0.1) is 11.8 Å². The molecule has 0 amide bonds. The third-order valence-electron chi connectivity index (χ3n) is 4.70. The molecule has 27 heavy (non-hydrogen) atoms. The summed E-state index contributed by atoms with van der Waals surface area (Å²) < 4.78 is 11.0. The summed E-state index contributed by atoms with van der Waals surface area (Å²) in [5, 5.41) is 0.924. The highest BCUT2D eigenvalue weighted by molar-refractivity contribution is 7.99. The molecule has 0 saturated heterocycles. The molecule has 3 aromatic carbocycles. The molecule has 0 aliphatic carbocycles. The minimum atomic E-state index is 0.223. The van der Waals surface area contributed by atoms with Crippen molar-refractivity contribution in [3.8, 4) is 11.5 Å². The summed E-state index contributed by atoms with van der Waals surface area (Å²) in [6.07, 6.45) is 0.820. The van der Waals surface area contributed by atoms with Gasteiger partial charge in [0.15, 0.2) is 11.5 Å². The van der Waals surface area contributed by atoms with Gasteiger partial charge in [0, 0.05) is 27.3 Å². The number of thioether (sulfide) groups is 1.